The topological polar surface area (TPSA) is 65.1 Å². The Morgan fingerprint density at radius 3 is 2.48 bits per heavy atom. The molecule has 2 aliphatic rings. The predicted molar refractivity (Wildman–Crippen MR) is 85.0 cm³/mol. The lowest BCUT2D eigenvalue weighted by molar-refractivity contribution is -0.135. The smallest absolute Gasteiger partial charge is 0.410 e. The van der Waals surface area contributed by atoms with Crippen LogP contribution in [-0.2, 0) is 19.0 Å². The molecule has 2 saturated heterocycles. The van der Waals surface area contributed by atoms with E-state index in [0.29, 0.717) is 26.3 Å². The van der Waals surface area contributed by atoms with E-state index in [2.05, 4.69) is 0 Å². The summed E-state index contributed by atoms with van der Waals surface area (Å²) in [5.41, 5.74) is 0.340. The van der Waals surface area contributed by atoms with Crippen molar-refractivity contribution in [2.45, 2.75) is 45.6 Å². The second-order valence-corrected chi connectivity index (χ2v) is 7.45. The van der Waals surface area contributed by atoms with E-state index in [1.807, 2.05) is 20.8 Å². The number of amides is 1. The number of ether oxygens (including phenoxy) is 3. The molecule has 1 amide bonds. The van der Waals surface area contributed by atoms with Gasteiger partial charge in [-0.05, 0) is 51.0 Å². The van der Waals surface area contributed by atoms with Crippen molar-refractivity contribution in [2.75, 3.05) is 33.4 Å². The van der Waals surface area contributed by atoms with E-state index in [9.17, 15) is 9.59 Å². The molecule has 1 spiro atoms. The summed E-state index contributed by atoms with van der Waals surface area (Å²) in [5, 5.41) is 0. The van der Waals surface area contributed by atoms with Crippen LogP contribution in [-0.4, -0.2) is 56.0 Å². The highest BCUT2D eigenvalue weighted by atomic mass is 16.6. The number of esters is 1. The van der Waals surface area contributed by atoms with E-state index in [0.717, 1.165) is 24.8 Å². The number of carbonyl (C=O) groups excluding carboxylic acids is 2. The Kier molecular flexibility index (Phi) is 5.34. The van der Waals surface area contributed by atoms with Crippen LogP contribution in [0, 0.1) is 5.41 Å². The zero-order valence-corrected chi connectivity index (χ0v) is 14.5. The van der Waals surface area contributed by atoms with Crippen LogP contribution in [0.5, 0.6) is 0 Å². The fourth-order valence-electron chi connectivity index (χ4n) is 3.22. The number of methoxy groups -OCH3 is 1. The third kappa shape index (κ3) is 4.96. The van der Waals surface area contributed by atoms with E-state index < -0.39 is 5.60 Å². The minimum absolute atomic E-state index is 0.0345. The van der Waals surface area contributed by atoms with Gasteiger partial charge in [0.05, 0.1) is 7.11 Å². The monoisotopic (exact) mass is 325 g/mol. The van der Waals surface area contributed by atoms with Crippen molar-refractivity contribution in [3.63, 3.8) is 0 Å². The van der Waals surface area contributed by atoms with Crippen molar-refractivity contribution in [3.8, 4) is 0 Å². The lowest BCUT2D eigenvalue weighted by atomic mass is 9.72. The molecule has 0 aromatic heterocycles. The lowest BCUT2D eigenvalue weighted by Gasteiger charge is -2.46. The molecule has 2 fully saturated rings. The zero-order chi connectivity index (χ0) is 17.1. The van der Waals surface area contributed by atoms with E-state index in [-0.39, 0.29) is 17.5 Å². The van der Waals surface area contributed by atoms with Gasteiger partial charge in [-0.1, -0.05) is 0 Å². The number of piperidine rings is 1. The van der Waals surface area contributed by atoms with Gasteiger partial charge in [-0.15, -0.1) is 0 Å². The summed E-state index contributed by atoms with van der Waals surface area (Å²) in [6.07, 6.45) is 3.73. The lowest BCUT2D eigenvalue weighted by Crippen LogP contribution is -2.50. The van der Waals surface area contributed by atoms with Gasteiger partial charge in [0.25, 0.3) is 0 Å². The summed E-state index contributed by atoms with van der Waals surface area (Å²) in [6, 6.07) is 0. The van der Waals surface area contributed by atoms with Gasteiger partial charge in [0.2, 0.25) is 0 Å². The van der Waals surface area contributed by atoms with E-state index in [4.69, 9.17) is 14.2 Å². The Hall–Kier alpha value is -1.56. The average Bonchev–Trinajstić information content (AvgIpc) is 2.45. The molecule has 0 radical (unpaired) electrons. The van der Waals surface area contributed by atoms with Gasteiger partial charge in [0.1, 0.15) is 5.60 Å². The zero-order valence-electron chi connectivity index (χ0n) is 14.5. The largest absolute Gasteiger partial charge is 0.466 e. The second-order valence-electron chi connectivity index (χ2n) is 7.45. The van der Waals surface area contributed by atoms with Crippen molar-refractivity contribution in [1.29, 1.82) is 0 Å². The van der Waals surface area contributed by atoms with Crippen LogP contribution >= 0.6 is 0 Å². The van der Waals surface area contributed by atoms with Crippen LogP contribution < -0.4 is 0 Å². The summed E-state index contributed by atoms with van der Waals surface area (Å²) in [5.74, 6) is -0.381. The highest BCUT2D eigenvalue weighted by Crippen LogP contribution is 2.41. The maximum atomic E-state index is 12.5. The minimum atomic E-state index is -0.538. The minimum Gasteiger partial charge on any atom is -0.466 e. The molecule has 0 unspecified atom stereocenters. The summed E-state index contributed by atoms with van der Waals surface area (Å²) in [6.45, 7) is 7.98. The van der Waals surface area contributed by atoms with Crippen LogP contribution in [0.4, 0.5) is 4.79 Å². The Labute approximate surface area is 137 Å². The maximum Gasteiger partial charge on any atom is 0.410 e. The van der Waals surface area contributed by atoms with Crippen molar-refractivity contribution < 1.29 is 23.8 Å². The van der Waals surface area contributed by atoms with Crippen LogP contribution in [0.2, 0.25) is 0 Å². The van der Waals surface area contributed by atoms with Crippen LogP contribution in [0.25, 0.3) is 0 Å². The summed E-state index contributed by atoms with van der Waals surface area (Å²) >= 11 is 0. The molecule has 0 atom stereocenters. The Balaban J connectivity index is 2.19. The first kappa shape index (κ1) is 17.8. The number of nitrogens with zero attached hydrogens (tertiary/aromatic N) is 1. The average molecular weight is 325 g/mol. The van der Waals surface area contributed by atoms with Crippen LogP contribution in [0.15, 0.2) is 11.6 Å². The van der Waals surface area contributed by atoms with Gasteiger partial charge in [-0.25, -0.2) is 9.59 Å². The summed E-state index contributed by atoms with van der Waals surface area (Å²) in [4.78, 5) is 25.8. The Bertz CT molecular complexity index is 486. The molecular formula is C17H27NO5. The van der Waals surface area contributed by atoms with Gasteiger partial charge in [-0.3, -0.25) is 0 Å². The highest BCUT2D eigenvalue weighted by Gasteiger charge is 2.41. The summed E-state index contributed by atoms with van der Waals surface area (Å²) in [7, 11) is 1.36. The fourth-order valence-corrected chi connectivity index (χ4v) is 3.22. The third-order valence-electron chi connectivity index (χ3n) is 4.25. The van der Waals surface area contributed by atoms with Gasteiger partial charge < -0.3 is 19.1 Å². The summed E-state index contributed by atoms with van der Waals surface area (Å²) < 4.78 is 15.7. The molecule has 23 heavy (non-hydrogen) atoms. The molecule has 2 aliphatic heterocycles. The number of likely N-dealkylation sites (tertiary alicyclic amines) is 1. The number of rotatable bonds is 1. The molecule has 0 aromatic carbocycles. The van der Waals surface area contributed by atoms with Gasteiger partial charge in [0, 0.05) is 32.4 Å². The molecule has 2 heterocycles. The first-order valence-corrected chi connectivity index (χ1v) is 8.06. The van der Waals surface area contributed by atoms with Crippen LogP contribution in [0.1, 0.15) is 40.0 Å². The number of hydrogen-bond donors (Lipinski definition) is 0. The van der Waals surface area contributed by atoms with E-state index >= 15 is 0 Å². The van der Waals surface area contributed by atoms with Crippen molar-refractivity contribution in [1.82, 2.24) is 4.90 Å². The number of hydrogen-bond acceptors (Lipinski definition) is 5. The normalized spacial score (nSPS) is 23.0. The van der Waals surface area contributed by atoms with E-state index in [1.54, 1.807) is 4.90 Å². The Morgan fingerprint density at radius 1 is 1.26 bits per heavy atom. The van der Waals surface area contributed by atoms with Crippen molar-refractivity contribution in [2.24, 2.45) is 5.41 Å². The van der Waals surface area contributed by atoms with E-state index in [1.165, 1.54) is 13.2 Å². The van der Waals surface area contributed by atoms with Crippen molar-refractivity contribution in [3.05, 3.63) is 11.6 Å². The predicted octanol–water partition coefficient (Wildman–Crippen LogP) is 2.52. The molecule has 6 heteroatoms. The number of carbonyl (C=O) groups is 2. The quantitative estimate of drug-likeness (QED) is 0.547. The molecule has 2 rings (SSSR count). The SMILES string of the molecule is COC(=O)/C=C1/CN(C(=O)OC(C)(C)C)CC2(CCOCC2)C1. The molecule has 0 aliphatic carbocycles. The molecule has 0 saturated carbocycles. The molecule has 0 bridgehead atoms. The third-order valence-corrected chi connectivity index (χ3v) is 4.25. The fraction of sp³-hybridized carbons (Fsp3) is 0.765. The first-order chi connectivity index (χ1) is 10.7. The molecular weight excluding hydrogens is 298 g/mol. The molecule has 0 aromatic rings. The first-order valence-electron chi connectivity index (χ1n) is 8.06. The van der Waals surface area contributed by atoms with Crippen molar-refractivity contribution >= 4 is 12.1 Å². The second kappa shape index (κ2) is 6.91. The molecule has 0 N–H and O–H groups in total. The standard InChI is InChI=1S/C17H27NO5/c1-16(2,3)23-15(20)18-11-13(9-14(19)21-4)10-17(12-18)5-7-22-8-6-17/h9H,5-8,10-12H2,1-4H3/b13-9+. The van der Waals surface area contributed by atoms with Gasteiger partial charge in [-0.2, -0.15) is 0 Å². The molecule has 130 valence electrons. The van der Waals surface area contributed by atoms with Gasteiger partial charge >= 0.3 is 12.1 Å². The maximum absolute atomic E-state index is 12.5. The van der Waals surface area contributed by atoms with Gasteiger partial charge in [0.15, 0.2) is 0 Å². The van der Waals surface area contributed by atoms with Crippen LogP contribution in [0.3, 0.4) is 0 Å². The highest BCUT2D eigenvalue weighted by molar-refractivity contribution is 5.83. The Morgan fingerprint density at radius 2 is 1.91 bits per heavy atom. The molecule has 6 nitrogen and oxygen atoms in total.